The maximum Gasteiger partial charge on any atom is 0.0508 e. The van der Waals surface area contributed by atoms with E-state index in [9.17, 15) is 4.48 Å². The third-order valence-corrected chi connectivity index (χ3v) is 1.57. The highest BCUT2D eigenvalue weighted by molar-refractivity contribution is 7.37. The Morgan fingerprint density at radius 1 is 1.83 bits per heavy atom. The molecule has 0 saturated carbocycles. The van der Waals surface area contributed by atoms with Crippen molar-refractivity contribution in [3.05, 3.63) is 0 Å². The third-order valence-electron chi connectivity index (χ3n) is 0.597. The van der Waals surface area contributed by atoms with Gasteiger partial charge in [-0.2, -0.15) is 5.54 Å². The van der Waals surface area contributed by atoms with Crippen LogP contribution in [-0.2, 0) is 0 Å². The molecule has 6 heavy (non-hydrogen) atoms. The molecule has 2 unspecified atom stereocenters. The van der Waals surface area contributed by atoms with Crippen LogP contribution in [0.1, 0.15) is 6.92 Å². The molecule has 0 aromatic carbocycles. The molecule has 0 radical (unpaired) electrons. The van der Waals surface area contributed by atoms with Crippen molar-refractivity contribution in [2.75, 3.05) is 6.66 Å². The first-order chi connectivity index (χ1) is 2.81. The maximum absolute atomic E-state index is 11.1. The lowest BCUT2D eigenvalue weighted by atomic mass is 10.8. The van der Waals surface area contributed by atoms with E-state index in [1.165, 1.54) is 0 Å². The highest BCUT2D eigenvalue weighted by Gasteiger charge is 1.89. The van der Waals surface area contributed by atoms with Crippen molar-refractivity contribution in [1.82, 2.24) is 5.54 Å². The Kier molecular flexibility index (Phi) is 3.70. The van der Waals surface area contributed by atoms with Gasteiger partial charge in [0, 0.05) is 0 Å². The summed E-state index contributed by atoms with van der Waals surface area (Å²) < 4.78 is 11.1. The standard InChI is InChI=1S/C3H9FNP/c1-3(5-4)6-2/h3,5-6H,1-2H3. The van der Waals surface area contributed by atoms with Gasteiger partial charge in [0.15, 0.2) is 0 Å². The Labute approximate surface area is 39.0 Å². The fourth-order valence-corrected chi connectivity index (χ4v) is 0.164. The molecule has 0 aliphatic rings. The number of nitrogens with one attached hydrogen (secondary N) is 1. The van der Waals surface area contributed by atoms with Crippen LogP contribution < -0.4 is 5.54 Å². The molecule has 0 spiro atoms. The molecule has 1 N–H and O–H groups in total. The first kappa shape index (κ1) is 6.32. The summed E-state index contributed by atoms with van der Waals surface area (Å²) >= 11 is 0. The Balaban J connectivity index is 2.75. The molecule has 0 aromatic heterocycles. The second-order valence-electron chi connectivity index (χ2n) is 1.12. The minimum absolute atomic E-state index is 0.0463. The molecule has 0 fully saturated rings. The number of hydrogen-bond acceptors (Lipinski definition) is 1. The van der Waals surface area contributed by atoms with E-state index < -0.39 is 0 Å². The largest absolute Gasteiger partial charge is 0.153 e. The van der Waals surface area contributed by atoms with Crippen molar-refractivity contribution in [1.29, 1.82) is 0 Å². The zero-order valence-corrected chi connectivity index (χ0v) is 4.96. The number of halogens is 1. The SMILES string of the molecule is CPC(C)NF. The lowest BCUT2D eigenvalue weighted by Crippen LogP contribution is -2.09. The van der Waals surface area contributed by atoms with Crippen molar-refractivity contribution in [3.8, 4) is 0 Å². The average molecular weight is 109 g/mol. The highest BCUT2D eigenvalue weighted by Crippen LogP contribution is 2.07. The number of rotatable bonds is 2. The smallest absolute Gasteiger partial charge is 0.0508 e. The van der Waals surface area contributed by atoms with E-state index in [4.69, 9.17) is 0 Å². The van der Waals surface area contributed by atoms with E-state index in [1.807, 2.05) is 6.66 Å². The topological polar surface area (TPSA) is 12.0 Å². The van der Waals surface area contributed by atoms with Crippen molar-refractivity contribution in [3.63, 3.8) is 0 Å². The van der Waals surface area contributed by atoms with Crippen LogP contribution in [0, 0.1) is 0 Å². The molecule has 0 aromatic rings. The first-order valence-electron chi connectivity index (χ1n) is 1.84. The molecule has 1 nitrogen and oxygen atoms in total. The summed E-state index contributed by atoms with van der Waals surface area (Å²) in [6.45, 7) is 3.76. The van der Waals surface area contributed by atoms with Gasteiger partial charge in [0.05, 0.1) is 5.78 Å². The van der Waals surface area contributed by atoms with E-state index in [0.717, 1.165) is 0 Å². The molecule has 0 rings (SSSR count). The van der Waals surface area contributed by atoms with E-state index in [0.29, 0.717) is 8.58 Å². The fraction of sp³-hybridized carbons (Fsp3) is 1.00. The lowest BCUT2D eigenvalue weighted by molar-refractivity contribution is 0.329. The average Bonchev–Trinajstić information content (AvgIpc) is 1.65. The van der Waals surface area contributed by atoms with Crippen LogP contribution in [0.4, 0.5) is 4.48 Å². The summed E-state index contributed by atoms with van der Waals surface area (Å²) in [5.41, 5.74) is 1.63. The Hall–Kier alpha value is 0.320. The molecule has 0 heterocycles. The van der Waals surface area contributed by atoms with Gasteiger partial charge in [-0.25, -0.2) is 0 Å². The Morgan fingerprint density at radius 3 is 2.33 bits per heavy atom. The molecule has 2 atom stereocenters. The monoisotopic (exact) mass is 109 g/mol. The first-order valence-corrected chi connectivity index (χ1v) is 3.42. The molecule has 0 saturated heterocycles. The van der Waals surface area contributed by atoms with E-state index in [-0.39, 0.29) is 5.78 Å². The van der Waals surface area contributed by atoms with E-state index in [2.05, 4.69) is 0 Å². The van der Waals surface area contributed by atoms with Crippen LogP contribution in [0.3, 0.4) is 0 Å². The second-order valence-corrected chi connectivity index (χ2v) is 2.56. The number of hydrogen-bond donors (Lipinski definition) is 1. The van der Waals surface area contributed by atoms with Crippen LogP contribution in [0.15, 0.2) is 0 Å². The van der Waals surface area contributed by atoms with Crippen molar-refractivity contribution >= 4 is 8.58 Å². The van der Waals surface area contributed by atoms with Gasteiger partial charge in [-0.3, -0.25) is 0 Å². The summed E-state index contributed by atoms with van der Waals surface area (Å²) in [6.07, 6.45) is 0. The van der Waals surface area contributed by atoms with Crippen molar-refractivity contribution in [2.45, 2.75) is 12.7 Å². The maximum atomic E-state index is 11.1. The minimum Gasteiger partial charge on any atom is -0.153 e. The summed E-state index contributed by atoms with van der Waals surface area (Å²) in [4.78, 5) is 0. The summed E-state index contributed by atoms with van der Waals surface area (Å²) in [5.74, 6) is 0.0463. The van der Waals surface area contributed by atoms with Crippen molar-refractivity contribution in [2.24, 2.45) is 0 Å². The fourth-order valence-electron chi connectivity index (χ4n) is 0.0546. The molecular formula is C3H9FNP. The van der Waals surface area contributed by atoms with Gasteiger partial charge in [0.1, 0.15) is 0 Å². The van der Waals surface area contributed by atoms with Crippen LogP contribution >= 0.6 is 8.58 Å². The summed E-state index contributed by atoms with van der Waals surface area (Å²) in [7, 11) is 0.645. The normalized spacial score (nSPS) is 16.5. The predicted octanol–water partition coefficient (Wildman–Crippen LogP) is 1.11. The van der Waals surface area contributed by atoms with Crippen LogP contribution in [0.25, 0.3) is 0 Å². The van der Waals surface area contributed by atoms with Crippen LogP contribution in [0.2, 0.25) is 0 Å². The van der Waals surface area contributed by atoms with Gasteiger partial charge in [-0.05, 0) is 13.6 Å². The second kappa shape index (κ2) is 3.51. The van der Waals surface area contributed by atoms with Gasteiger partial charge >= 0.3 is 0 Å². The van der Waals surface area contributed by atoms with Gasteiger partial charge < -0.3 is 0 Å². The third kappa shape index (κ3) is 2.55. The summed E-state index contributed by atoms with van der Waals surface area (Å²) in [5, 5.41) is 0. The molecule has 38 valence electrons. The Morgan fingerprint density at radius 2 is 2.33 bits per heavy atom. The predicted molar refractivity (Wildman–Crippen MR) is 27.9 cm³/mol. The molecule has 0 aliphatic heterocycles. The lowest BCUT2D eigenvalue weighted by Gasteiger charge is -1.98. The zero-order chi connectivity index (χ0) is 4.99. The molecule has 0 aliphatic carbocycles. The molecular weight excluding hydrogens is 100 g/mol. The molecule has 0 amide bonds. The van der Waals surface area contributed by atoms with E-state index >= 15 is 0 Å². The van der Waals surface area contributed by atoms with Crippen LogP contribution in [0.5, 0.6) is 0 Å². The van der Waals surface area contributed by atoms with Gasteiger partial charge in [0.2, 0.25) is 0 Å². The minimum atomic E-state index is 0.0463. The van der Waals surface area contributed by atoms with Crippen LogP contribution in [-0.4, -0.2) is 12.4 Å². The van der Waals surface area contributed by atoms with Crippen molar-refractivity contribution < 1.29 is 4.48 Å². The van der Waals surface area contributed by atoms with E-state index in [1.54, 1.807) is 12.5 Å². The highest BCUT2D eigenvalue weighted by atomic mass is 31.1. The molecule has 0 bridgehead atoms. The molecule has 3 heteroatoms. The summed E-state index contributed by atoms with van der Waals surface area (Å²) in [6, 6.07) is 0. The Bertz CT molecular complexity index is 30.0. The zero-order valence-electron chi connectivity index (χ0n) is 3.96. The van der Waals surface area contributed by atoms with Gasteiger partial charge in [0.25, 0.3) is 0 Å². The van der Waals surface area contributed by atoms with Gasteiger partial charge in [-0.1, -0.05) is 0 Å². The quantitative estimate of drug-likeness (QED) is 0.413. The van der Waals surface area contributed by atoms with Gasteiger partial charge in [-0.15, -0.1) is 13.1 Å².